The minimum absolute atomic E-state index is 0.0581. The van der Waals surface area contributed by atoms with Crippen molar-refractivity contribution in [1.29, 1.82) is 0 Å². The van der Waals surface area contributed by atoms with E-state index >= 15 is 0 Å². The number of hydrogen-bond donors (Lipinski definition) is 0. The van der Waals surface area contributed by atoms with Gasteiger partial charge in [-0.2, -0.15) is 4.39 Å². The van der Waals surface area contributed by atoms with Gasteiger partial charge in [-0.15, -0.1) is 0 Å². The molecular weight excluding hydrogens is 197 g/mol. The van der Waals surface area contributed by atoms with E-state index in [1.807, 2.05) is 0 Å². The van der Waals surface area contributed by atoms with Gasteiger partial charge in [-0.1, -0.05) is 6.07 Å². The minimum Gasteiger partial charge on any atom is -0.466 e. The van der Waals surface area contributed by atoms with Gasteiger partial charge in [-0.25, -0.2) is 4.98 Å². The first-order valence-electron chi connectivity index (χ1n) is 5.00. The summed E-state index contributed by atoms with van der Waals surface area (Å²) in [5, 5.41) is 0. The first-order valence-corrected chi connectivity index (χ1v) is 5.00. The number of aromatic nitrogens is 1. The number of ether oxygens (including phenoxy) is 1. The molecule has 1 heterocycles. The van der Waals surface area contributed by atoms with Crippen molar-refractivity contribution in [3.63, 3.8) is 0 Å². The van der Waals surface area contributed by atoms with Gasteiger partial charge in [0.05, 0.1) is 12.5 Å². The molecule has 0 aromatic carbocycles. The standard InChI is InChI=1S/C11H12FNO2/c1-2-15-11(14)9-5-8(9)7-3-4-10(12)13-6-7/h3-4,6,8-9H,2,5H2,1H3/t8-,9+/m0/s1. The van der Waals surface area contributed by atoms with E-state index in [0.29, 0.717) is 6.61 Å². The maximum Gasteiger partial charge on any atom is 0.309 e. The van der Waals surface area contributed by atoms with Gasteiger partial charge in [0, 0.05) is 6.20 Å². The molecule has 0 unspecified atom stereocenters. The van der Waals surface area contributed by atoms with Crippen LogP contribution >= 0.6 is 0 Å². The lowest BCUT2D eigenvalue weighted by Gasteiger charge is -2.00. The maximum atomic E-state index is 12.5. The van der Waals surface area contributed by atoms with E-state index in [-0.39, 0.29) is 17.8 Å². The predicted octanol–water partition coefficient (Wildman–Crippen LogP) is 1.89. The Morgan fingerprint density at radius 2 is 2.47 bits per heavy atom. The molecule has 4 heteroatoms. The van der Waals surface area contributed by atoms with Crippen molar-refractivity contribution < 1.29 is 13.9 Å². The number of pyridine rings is 1. The molecular formula is C11H12FNO2. The Morgan fingerprint density at radius 3 is 3.07 bits per heavy atom. The van der Waals surface area contributed by atoms with Crippen molar-refractivity contribution in [3.8, 4) is 0 Å². The molecule has 1 aliphatic rings. The van der Waals surface area contributed by atoms with Crippen LogP contribution in [0.3, 0.4) is 0 Å². The van der Waals surface area contributed by atoms with Gasteiger partial charge in [-0.3, -0.25) is 4.79 Å². The summed E-state index contributed by atoms with van der Waals surface area (Å²) < 4.78 is 17.5. The van der Waals surface area contributed by atoms with Crippen LogP contribution in [-0.4, -0.2) is 17.6 Å². The van der Waals surface area contributed by atoms with E-state index in [2.05, 4.69) is 4.98 Å². The van der Waals surface area contributed by atoms with Gasteiger partial charge in [0.25, 0.3) is 0 Å². The third-order valence-corrected chi connectivity index (χ3v) is 2.56. The van der Waals surface area contributed by atoms with Gasteiger partial charge in [0.2, 0.25) is 5.95 Å². The van der Waals surface area contributed by atoms with Crippen LogP contribution in [0.5, 0.6) is 0 Å². The molecule has 0 radical (unpaired) electrons. The van der Waals surface area contributed by atoms with Gasteiger partial charge in [0.1, 0.15) is 0 Å². The van der Waals surface area contributed by atoms with Crippen molar-refractivity contribution >= 4 is 5.97 Å². The Balaban J connectivity index is 1.98. The SMILES string of the molecule is CCOC(=O)[C@@H]1C[C@H]1c1ccc(F)nc1. The molecule has 0 N–H and O–H groups in total. The molecule has 1 fully saturated rings. The quantitative estimate of drug-likeness (QED) is 0.563. The maximum absolute atomic E-state index is 12.5. The third kappa shape index (κ3) is 2.14. The summed E-state index contributed by atoms with van der Waals surface area (Å²) >= 11 is 0. The van der Waals surface area contributed by atoms with Crippen LogP contribution in [0.2, 0.25) is 0 Å². The average molecular weight is 209 g/mol. The highest BCUT2D eigenvalue weighted by Gasteiger charge is 2.45. The van der Waals surface area contributed by atoms with E-state index in [9.17, 15) is 9.18 Å². The number of carbonyl (C=O) groups excluding carboxylic acids is 1. The van der Waals surface area contributed by atoms with Gasteiger partial charge in [-0.05, 0) is 30.9 Å². The molecule has 2 atom stereocenters. The van der Waals surface area contributed by atoms with Crippen LogP contribution in [0.25, 0.3) is 0 Å². The third-order valence-electron chi connectivity index (χ3n) is 2.56. The van der Waals surface area contributed by atoms with Crippen LogP contribution < -0.4 is 0 Å². The fraction of sp³-hybridized carbons (Fsp3) is 0.455. The normalized spacial score (nSPS) is 23.6. The Hall–Kier alpha value is -1.45. The second-order valence-electron chi connectivity index (χ2n) is 3.61. The molecule has 2 rings (SSSR count). The summed E-state index contributed by atoms with van der Waals surface area (Å²) in [6.07, 6.45) is 2.27. The van der Waals surface area contributed by atoms with Gasteiger partial charge < -0.3 is 4.74 Å². The molecule has 1 saturated carbocycles. The average Bonchev–Trinajstić information content (AvgIpc) is 2.99. The minimum atomic E-state index is -0.493. The topological polar surface area (TPSA) is 39.2 Å². The molecule has 0 aliphatic heterocycles. The molecule has 0 amide bonds. The number of carbonyl (C=O) groups is 1. The summed E-state index contributed by atoms with van der Waals surface area (Å²) in [6, 6.07) is 2.99. The van der Waals surface area contributed by atoms with Crippen molar-refractivity contribution in [2.75, 3.05) is 6.61 Å². The number of halogens is 1. The fourth-order valence-corrected chi connectivity index (χ4v) is 1.68. The molecule has 15 heavy (non-hydrogen) atoms. The smallest absolute Gasteiger partial charge is 0.309 e. The van der Waals surface area contributed by atoms with E-state index < -0.39 is 5.95 Å². The molecule has 1 aromatic rings. The zero-order valence-electron chi connectivity index (χ0n) is 8.44. The molecule has 80 valence electrons. The molecule has 0 bridgehead atoms. The summed E-state index contributed by atoms with van der Waals surface area (Å²) in [5.74, 6) is -0.548. The monoisotopic (exact) mass is 209 g/mol. The highest BCUT2D eigenvalue weighted by molar-refractivity contribution is 5.77. The van der Waals surface area contributed by atoms with E-state index in [4.69, 9.17) is 4.74 Å². The van der Waals surface area contributed by atoms with E-state index in [0.717, 1.165) is 12.0 Å². The van der Waals surface area contributed by atoms with Crippen molar-refractivity contribution in [1.82, 2.24) is 4.98 Å². The number of hydrogen-bond acceptors (Lipinski definition) is 3. The lowest BCUT2D eigenvalue weighted by Crippen LogP contribution is -2.07. The molecule has 1 aliphatic carbocycles. The zero-order valence-corrected chi connectivity index (χ0v) is 8.44. The highest BCUT2D eigenvalue weighted by Crippen LogP contribution is 2.47. The molecule has 0 spiro atoms. The van der Waals surface area contributed by atoms with Crippen molar-refractivity contribution in [3.05, 3.63) is 29.8 Å². The molecule has 3 nitrogen and oxygen atoms in total. The summed E-state index contributed by atoms with van der Waals surface area (Å²) in [6.45, 7) is 2.19. The number of rotatable bonds is 3. The van der Waals surface area contributed by atoms with E-state index in [1.165, 1.54) is 12.3 Å². The van der Waals surface area contributed by atoms with Crippen LogP contribution in [0, 0.1) is 11.9 Å². The molecule has 0 saturated heterocycles. The number of nitrogens with zero attached hydrogens (tertiary/aromatic N) is 1. The molecule has 1 aromatic heterocycles. The predicted molar refractivity (Wildman–Crippen MR) is 51.7 cm³/mol. The zero-order chi connectivity index (χ0) is 10.8. The van der Waals surface area contributed by atoms with Crippen molar-refractivity contribution in [2.45, 2.75) is 19.3 Å². The highest BCUT2D eigenvalue weighted by atomic mass is 19.1. The summed E-state index contributed by atoms with van der Waals surface area (Å²) in [4.78, 5) is 14.9. The van der Waals surface area contributed by atoms with Crippen LogP contribution in [0.1, 0.15) is 24.8 Å². The Kier molecular flexibility index (Phi) is 2.66. The van der Waals surface area contributed by atoms with Gasteiger partial charge >= 0.3 is 5.97 Å². The van der Waals surface area contributed by atoms with Crippen LogP contribution in [0.15, 0.2) is 18.3 Å². The number of esters is 1. The van der Waals surface area contributed by atoms with Crippen LogP contribution in [-0.2, 0) is 9.53 Å². The van der Waals surface area contributed by atoms with E-state index in [1.54, 1.807) is 13.0 Å². The second kappa shape index (κ2) is 3.96. The Bertz CT molecular complexity index is 363. The second-order valence-corrected chi connectivity index (χ2v) is 3.61. The van der Waals surface area contributed by atoms with Gasteiger partial charge in [0.15, 0.2) is 0 Å². The lowest BCUT2D eigenvalue weighted by molar-refractivity contribution is -0.144. The Morgan fingerprint density at radius 1 is 1.67 bits per heavy atom. The summed E-state index contributed by atoms with van der Waals surface area (Å²) in [5.41, 5.74) is 0.912. The Labute approximate surface area is 87.3 Å². The lowest BCUT2D eigenvalue weighted by atomic mass is 10.1. The van der Waals surface area contributed by atoms with Crippen LogP contribution in [0.4, 0.5) is 4.39 Å². The largest absolute Gasteiger partial charge is 0.466 e. The van der Waals surface area contributed by atoms with Crippen molar-refractivity contribution in [2.24, 2.45) is 5.92 Å². The first kappa shape index (κ1) is 10.1. The first-order chi connectivity index (χ1) is 7.22. The summed E-state index contributed by atoms with van der Waals surface area (Å²) in [7, 11) is 0. The fourth-order valence-electron chi connectivity index (χ4n) is 1.68.